The topological polar surface area (TPSA) is 84.1 Å². The molecule has 2 N–H and O–H groups in total. The molecule has 1 aliphatic carbocycles. The summed E-state index contributed by atoms with van der Waals surface area (Å²) in [5.41, 5.74) is 4.82. The zero-order valence-corrected chi connectivity index (χ0v) is 21.2. The molecule has 0 fully saturated rings. The van der Waals surface area contributed by atoms with Gasteiger partial charge in [0.1, 0.15) is 11.6 Å². The minimum Gasteiger partial charge on any atom is -0.497 e. The van der Waals surface area contributed by atoms with Crippen LogP contribution in [0.3, 0.4) is 0 Å². The van der Waals surface area contributed by atoms with Gasteiger partial charge in [-0.2, -0.15) is 0 Å². The number of hydrogen-bond acceptors (Lipinski definition) is 6. The highest BCUT2D eigenvalue weighted by molar-refractivity contribution is 7.98. The maximum absolute atomic E-state index is 13.5. The standard InChI is InChI=1S/C28H29N3O3S/c1-16-7-5-8-17(11-16)15-35-27-30-25-24(26(33)31-27)22(18-9-6-10-19(12-18)34-4)23-20(29-25)13-28(2,3)14-21(23)32/h5-12,22H,13-15H2,1-4H3,(H2,29,30,31,33). The number of thioether (sulfide) groups is 1. The second-order valence-electron chi connectivity index (χ2n) is 10.1. The van der Waals surface area contributed by atoms with Crippen LogP contribution >= 0.6 is 11.8 Å². The van der Waals surface area contributed by atoms with Crippen LogP contribution in [-0.2, 0) is 10.5 Å². The summed E-state index contributed by atoms with van der Waals surface area (Å²) in [4.78, 5) is 34.7. The largest absolute Gasteiger partial charge is 0.497 e. The zero-order valence-electron chi connectivity index (χ0n) is 20.4. The molecule has 0 radical (unpaired) electrons. The molecule has 1 aliphatic heterocycles. The molecule has 0 spiro atoms. The fourth-order valence-electron chi connectivity index (χ4n) is 5.07. The van der Waals surface area contributed by atoms with Crippen molar-refractivity contribution in [3.63, 3.8) is 0 Å². The lowest BCUT2D eigenvalue weighted by molar-refractivity contribution is -0.118. The van der Waals surface area contributed by atoms with Gasteiger partial charge in [0.25, 0.3) is 5.56 Å². The SMILES string of the molecule is COc1cccc(C2C3=C(CC(C)(C)CC3=O)Nc3nc(SCc4cccc(C)c4)[nH]c(=O)c32)c1. The molecular formula is C28H29N3O3S. The molecule has 180 valence electrons. The number of anilines is 1. The Morgan fingerprint density at radius 2 is 1.91 bits per heavy atom. The molecule has 0 bridgehead atoms. The lowest BCUT2D eigenvalue weighted by Gasteiger charge is -2.38. The maximum Gasteiger partial charge on any atom is 0.257 e. The fraction of sp³-hybridized carbons (Fsp3) is 0.321. The summed E-state index contributed by atoms with van der Waals surface area (Å²) in [6, 6.07) is 15.9. The number of benzene rings is 2. The Morgan fingerprint density at radius 3 is 2.69 bits per heavy atom. The van der Waals surface area contributed by atoms with E-state index in [1.54, 1.807) is 7.11 Å². The smallest absolute Gasteiger partial charge is 0.257 e. The van der Waals surface area contributed by atoms with Crippen LogP contribution in [0.15, 0.2) is 69.8 Å². The van der Waals surface area contributed by atoms with Crippen molar-refractivity contribution in [2.24, 2.45) is 5.41 Å². The van der Waals surface area contributed by atoms with Gasteiger partial charge in [-0.25, -0.2) is 4.98 Å². The van der Waals surface area contributed by atoms with Crippen molar-refractivity contribution in [3.8, 4) is 5.75 Å². The molecule has 0 saturated heterocycles. The number of Topliss-reactive ketones (excluding diaryl/α,β-unsaturated/α-hetero) is 1. The Bertz CT molecular complexity index is 1410. The molecule has 2 aliphatic rings. The molecule has 7 heteroatoms. The molecule has 6 nitrogen and oxygen atoms in total. The average molecular weight is 488 g/mol. The Kier molecular flexibility index (Phi) is 6.05. The number of methoxy groups -OCH3 is 1. The highest BCUT2D eigenvalue weighted by atomic mass is 32.2. The van der Waals surface area contributed by atoms with Crippen molar-refractivity contribution in [1.29, 1.82) is 0 Å². The van der Waals surface area contributed by atoms with Crippen LogP contribution < -0.4 is 15.6 Å². The normalized spacial score (nSPS) is 18.5. The Morgan fingerprint density at radius 1 is 1.11 bits per heavy atom. The average Bonchev–Trinajstić information content (AvgIpc) is 2.80. The van der Waals surface area contributed by atoms with Gasteiger partial charge in [0.2, 0.25) is 0 Å². The second kappa shape index (κ2) is 9.04. The molecule has 1 aromatic heterocycles. The first-order chi connectivity index (χ1) is 16.7. The Balaban J connectivity index is 1.59. The number of fused-ring (bicyclic) bond motifs is 1. The maximum atomic E-state index is 13.5. The first-order valence-electron chi connectivity index (χ1n) is 11.7. The molecule has 0 amide bonds. The van der Waals surface area contributed by atoms with Crippen LogP contribution in [0.5, 0.6) is 5.75 Å². The Labute approximate surface area is 209 Å². The molecule has 2 aromatic carbocycles. The highest BCUT2D eigenvalue weighted by Gasteiger charge is 2.42. The predicted octanol–water partition coefficient (Wildman–Crippen LogP) is 5.58. The zero-order chi connectivity index (χ0) is 24.7. The van der Waals surface area contributed by atoms with Gasteiger partial charge in [-0.1, -0.05) is 67.6 Å². The summed E-state index contributed by atoms with van der Waals surface area (Å²) < 4.78 is 5.44. The van der Waals surface area contributed by atoms with Crippen LogP contribution in [0.25, 0.3) is 0 Å². The van der Waals surface area contributed by atoms with E-state index in [9.17, 15) is 9.59 Å². The van der Waals surface area contributed by atoms with E-state index in [2.05, 4.69) is 49.3 Å². The quantitative estimate of drug-likeness (QED) is 0.361. The number of ketones is 1. The third-order valence-corrected chi connectivity index (χ3v) is 7.53. The van der Waals surface area contributed by atoms with Gasteiger partial charge in [-0.15, -0.1) is 0 Å². The monoisotopic (exact) mass is 487 g/mol. The van der Waals surface area contributed by atoms with E-state index in [1.165, 1.54) is 22.9 Å². The summed E-state index contributed by atoms with van der Waals surface area (Å²) in [7, 11) is 1.61. The first kappa shape index (κ1) is 23.4. The first-order valence-corrected chi connectivity index (χ1v) is 12.7. The van der Waals surface area contributed by atoms with Crippen LogP contribution in [0.1, 0.15) is 54.9 Å². The van der Waals surface area contributed by atoms with E-state index in [0.717, 1.165) is 11.3 Å². The summed E-state index contributed by atoms with van der Waals surface area (Å²) >= 11 is 1.49. The minimum atomic E-state index is -0.493. The molecule has 5 rings (SSSR count). The summed E-state index contributed by atoms with van der Waals surface area (Å²) in [5, 5.41) is 3.94. The number of aromatic amines is 1. The lowest BCUT2D eigenvalue weighted by Crippen LogP contribution is -2.37. The van der Waals surface area contributed by atoms with Crippen molar-refractivity contribution < 1.29 is 9.53 Å². The number of H-pyrrole nitrogens is 1. The fourth-order valence-corrected chi connectivity index (χ4v) is 5.87. The van der Waals surface area contributed by atoms with E-state index < -0.39 is 5.92 Å². The van der Waals surface area contributed by atoms with Gasteiger partial charge in [-0.05, 0) is 42.0 Å². The minimum absolute atomic E-state index is 0.0690. The van der Waals surface area contributed by atoms with Crippen molar-refractivity contribution >= 4 is 23.4 Å². The molecule has 1 unspecified atom stereocenters. The van der Waals surface area contributed by atoms with E-state index in [-0.39, 0.29) is 16.8 Å². The van der Waals surface area contributed by atoms with Gasteiger partial charge in [0, 0.05) is 29.4 Å². The molecule has 3 aromatic rings. The molecule has 35 heavy (non-hydrogen) atoms. The summed E-state index contributed by atoms with van der Waals surface area (Å²) in [6.45, 7) is 6.26. The third kappa shape index (κ3) is 4.65. The van der Waals surface area contributed by atoms with Gasteiger partial charge in [0.15, 0.2) is 10.9 Å². The number of carbonyl (C=O) groups excluding carboxylic acids is 1. The van der Waals surface area contributed by atoms with E-state index in [0.29, 0.717) is 46.5 Å². The van der Waals surface area contributed by atoms with E-state index in [1.807, 2.05) is 30.3 Å². The number of nitrogens with zero attached hydrogens (tertiary/aromatic N) is 1. The number of carbonyl (C=O) groups is 1. The van der Waals surface area contributed by atoms with Crippen molar-refractivity contribution in [2.75, 3.05) is 12.4 Å². The lowest BCUT2D eigenvalue weighted by atomic mass is 9.69. The number of allylic oxidation sites excluding steroid dienone is 2. The number of nitrogens with one attached hydrogen (secondary N) is 2. The van der Waals surface area contributed by atoms with Crippen LogP contribution in [0, 0.1) is 12.3 Å². The Hall–Kier alpha value is -3.32. The van der Waals surface area contributed by atoms with Gasteiger partial charge >= 0.3 is 0 Å². The number of rotatable bonds is 5. The number of hydrogen-bond donors (Lipinski definition) is 2. The van der Waals surface area contributed by atoms with Crippen molar-refractivity contribution in [1.82, 2.24) is 9.97 Å². The number of aromatic nitrogens is 2. The van der Waals surface area contributed by atoms with Crippen molar-refractivity contribution in [2.45, 2.75) is 50.4 Å². The van der Waals surface area contributed by atoms with Crippen LogP contribution in [-0.4, -0.2) is 22.9 Å². The number of ether oxygens (including phenoxy) is 1. The van der Waals surface area contributed by atoms with Crippen molar-refractivity contribution in [3.05, 3.63) is 92.4 Å². The molecular weight excluding hydrogens is 458 g/mol. The summed E-state index contributed by atoms with van der Waals surface area (Å²) in [5.74, 6) is 1.48. The molecule has 1 atom stereocenters. The second-order valence-corrected chi connectivity index (χ2v) is 11.0. The highest BCUT2D eigenvalue weighted by Crippen LogP contribution is 2.48. The molecule has 0 saturated carbocycles. The van der Waals surface area contributed by atoms with Crippen LogP contribution in [0.4, 0.5) is 5.82 Å². The van der Waals surface area contributed by atoms with Crippen LogP contribution in [0.2, 0.25) is 0 Å². The van der Waals surface area contributed by atoms with Gasteiger partial charge in [0.05, 0.1) is 12.7 Å². The number of aryl methyl sites for hydroxylation is 1. The van der Waals surface area contributed by atoms with Gasteiger partial charge in [-0.3, -0.25) is 9.59 Å². The van der Waals surface area contributed by atoms with Gasteiger partial charge < -0.3 is 15.0 Å². The van der Waals surface area contributed by atoms with E-state index >= 15 is 0 Å². The third-order valence-electron chi connectivity index (χ3n) is 6.59. The predicted molar refractivity (Wildman–Crippen MR) is 139 cm³/mol. The molecule has 2 heterocycles. The summed E-state index contributed by atoms with van der Waals surface area (Å²) in [6.07, 6.45) is 1.16. The van der Waals surface area contributed by atoms with E-state index in [4.69, 9.17) is 9.72 Å².